The first-order valence-corrected chi connectivity index (χ1v) is 9.72. The highest BCUT2D eigenvalue weighted by molar-refractivity contribution is 5.75. The third kappa shape index (κ3) is 5.31. The number of nitrogens with zero attached hydrogens (tertiary/aromatic N) is 3. The van der Waals surface area contributed by atoms with Crippen molar-refractivity contribution in [2.24, 2.45) is 0 Å². The lowest BCUT2D eigenvalue weighted by Gasteiger charge is -2.19. The molecule has 0 aliphatic heterocycles. The minimum Gasteiger partial charge on any atom is -0.494 e. The normalized spacial score (nSPS) is 11.5. The van der Waals surface area contributed by atoms with E-state index in [0.717, 1.165) is 17.2 Å². The number of aromatic nitrogens is 3. The molecule has 3 aromatic rings. The lowest BCUT2D eigenvalue weighted by Crippen LogP contribution is -2.26. The fraction of sp³-hybridized carbons (Fsp3) is 0.409. The van der Waals surface area contributed by atoms with Crippen LogP contribution in [-0.4, -0.2) is 33.7 Å². The van der Waals surface area contributed by atoms with E-state index in [4.69, 9.17) is 4.74 Å². The van der Waals surface area contributed by atoms with Crippen molar-refractivity contribution in [3.63, 3.8) is 0 Å². The minimum atomic E-state index is 0.0282. The molecule has 0 atom stereocenters. The third-order valence-electron chi connectivity index (χ3n) is 4.59. The summed E-state index contributed by atoms with van der Waals surface area (Å²) in [6.07, 6.45) is 3.70. The summed E-state index contributed by atoms with van der Waals surface area (Å²) in [5.41, 5.74) is 2.23. The fourth-order valence-electron chi connectivity index (χ4n) is 2.94. The Kier molecular flexibility index (Phi) is 6.29. The number of benzene rings is 1. The van der Waals surface area contributed by atoms with Crippen molar-refractivity contribution in [3.05, 3.63) is 60.0 Å². The number of fused-ring (bicyclic) bond motifs is 1. The maximum Gasteiger partial charge on any atom is 0.220 e. The highest BCUT2D eigenvalue weighted by Gasteiger charge is 2.13. The van der Waals surface area contributed by atoms with Gasteiger partial charge in [0.25, 0.3) is 0 Å². The average Bonchev–Trinajstić information content (AvgIpc) is 3.08. The van der Waals surface area contributed by atoms with Crippen LogP contribution < -0.4 is 10.1 Å². The molecule has 0 radical (unpaired) electrons. The summed E-state index contributed by atoms with van der Waals surface area (Å²) in [5.74, 6) is 1.71. The molecule has 0 saturated carbocycles. The molecule has 1 amide bonds. The van der Waals surface area contributed by atoms with Gasteiger partial charge in [0.1, 0.15) is 11.6 Å². The Morgan fingerprint density at radius 3 is 2.64 bits per heavy atom. The number of ether oxygens (including phenoxy) is 1. The zero-order valence-corrected chi connectivity index (χ0v) is 16.8. The van der Waals surface area contributed by atoms with Crippen LogP contribution in [-0.2, 0) is 16.6 Å². The second-order valence-corrected chi connectivity index (χ2v) is 7.87. The Bertz CT molecular complexity index is 910. The molecule has 3 rings (SSSR count). The Labute approximate surface area is 165 Å². The summed E-state index contributed by atoms with van der Waals surface area (Å²) in [6, 6.07) is 13.9. The van der Waals surface area contributed by atoms with Crippen LogP contribution >= 0.6 is 0 Å². The average molecular weight is 380 g/mol. The van der Waals surface area contributed by atoms with Crippen molar-refractivity contribution >= 4 is 11.6 Å². The van der Waals surface area contributed by atoms with Crippen LogP contribution in [0.1, 0.15) is 45.0 Å². The molecular weight excluding hydrogens is 352 g/mol. The number of carbonyl (C=O) groups excluding carboxylic acids is 1. The molecule has 1 aromatic carbocycles. The van der Waals surface area contributed by atoms with Gasteiger partial charge in [0.2, 0.25) is 5.91 Å². The predicted octanol–water partition coefficient (Wildman–Crippen LogP) is 3.54. The monoisotopic (exact) mass is 380 g/mol. The van der Waals surface area contributed by atoms with Gasteiger partial charge in [-0.25, -0.2) is 0 Å². The standard InChI is InChI=1S/C22H28N4O2/c1-22(2,3)17-9-11-18(12-10-17)28-16-6-8-21(27)23-14-13-20-25-24-19-7-4-5-15-26(19)20/h4-5,7,9-12,15H,6,8,13-14,16H2,1-3H3,(H,23,27). The number of nitrogens with one attached hydrogen (secondary N) is 1. The zero-order chi connectivity index (χ0) is 20.0. The van der Waals surface area contributed by atoms with E-state index in [0.29, 0.717) is 32.4 Å². The lowest BCUT2D eigenvalue weighted by molar-refractivity contribution is -0.121. The van der Waals surface area contributed by atoms with Gasteiger partial charge in [-0.3, -0.25) is 9.20 Å². The summed E-state index contributed by atoms with van der Waals surface area (Å²) < 4.78 is 7.67. The first-order chi connectivity index (χ1) is 13.4. The Hall–Kier alpha value is -2.89. The molecule has 0 unspecified atom stereocenters. The van der Waals surface area contributed by atoms with E-state index in [-0.39, 0.29) is 11.3 Å². The summed E-state index contributed by atoms with van der Waals surface area (Å²) >= 11 is 0. The van der Waals surface area contributed by atoms with E-state index in [1.165, 1.54) is 5.56 Å². The van der Waals surface area contributed by atoms with E-state index in [9.17, 15) is 4.79 Å². The third-order valence-corrected chi connectivity index (χ3v) is 4.59. The van der Waals surface area contributed by atoms with Crippen molar-refractivity contribution in [1.82, 2.24) is 19.9 Å². The van der Waals surface area contributed by atoms with Gasteiger partial charge in [-0.1, -0.05) is 39.0 Å². The van der Waals surface area contributed by atoms with Gasteiger partial charge < -0.3 is 10.1 Å². The molecule has 0 aliphatic carbocycles. The van der Waals surface area contributed by atoms with Crippen molar-refractivity contribution < 1.29 is 9.53 Å². The van der Waals surface area contributed by atoms with Crippen LogP contribution in [0.3, 0.4) is 0 Å². The molecule has 0 saturated heterocycles. The summed E-state index contributed by atoms with van der Waals surface area (Å²) in [4.78, 5) is 12.0. The number of carbonyl (C=O) groups is 1. The first-order valence-electron chi connectivity index (χ1n) is 9.72. The topological polar surface area (TPSA) is 68.5 Å². The highest BCUT2D eigenvalue weighted by Crippen LogP contribution is 2.24. The lowest BCUT2D eigenvalue weighted by atomic mass is 9.87. The molecule has 2 heterocycles. The number of pyridine rings is 1. The van der Waals surface area contributed by atoms with Gasteiger partial charge in [-0.05, 0) is 41.7 Å². The quantitative estimate of drug-likeness (QED) is 0.607. The summed E-state index contributed by atoms with van der Waals surface area (Å²) in [6.45, 7) is 7.63. The van der Waals surface area contributed by atoms with Gasteiger partial charge >= 0.3 is 0 Å². The van der Waals surface area contributed by atoms with Crippen molar-refractivity contribution in [3.8, 4) is 5.75 Å². The molecule has 0 aliphatic rings. The maximum atomic E-state index is 12.0. The SMILES string of the molecule is CC(C)(C)c1ccc(OCCCC(=O)NCCc2nnc3ccccn23)cc1. The Morgan fingerprint density at radius 2 is 1.89 bits per heavy atom. The van der Waals surface area contributed by atoms with E-state index < -0.39 is 0 Å². The van der Waals surface area contributed by atoms with Crippen molar-refractivity contribution in [2.45, 2.75) is 45.4 Å². The molecule has 1 N–H and O–H groups in total. The van der Waals surface area contributed by atoms with Crippen LogP contribution in [0, 0.1) is 0 Å². The molecule has 6 nitrogen and oxygen atoms in total. The molecule has 148 valence electrons. The van der Waals surface area contributed by atoms with Crippen LogP contribution in [0.15, 0.2) is 48.7 Å². The summed E-state index contributed by atoms with van der Waals surface area (Å²) in [5, 5.41) is 11.2. The fourth-order valence-corrected chi connectivity index (χ4v) is 2.94. The number of amides is 1. The Balaban J connectivity index is 1.33. The second kappa shape index (κ2) is 8.87. The molecule has 0 spiro atoms. The minimum absolute atomic E-state index is 0.0282. The number of rotatable bonds is 8. The molecule has 28 heavy (non-hydrogen) atoms. The van der Waals surface area contributed by atoms with E-state index in [1.807, 2.05) is 40.9 Å². The molecule has 2 aromatic heterocycles. The second-order valence-electron chi connectivity index (χ2n) is 7.87. The van der Waals surface area contributed by atoms with Gasteiger partial charge in [0.15, 0.2) is 5.65 Å². The van der Waals surface area contributed by atoms with Gasteiger partial charge in [-0.15, -0.1) is 10.2 Å². The van der Waals surface area contributed by atoms with Crippen molar-refractivity contribution in [2.75, 3.05) is 13.2 Å². The van der Waals surface area contributed by atoms with Gasteiger partial charge in [0.05, 0.1) is 6.61 Å². The molecular formula is C22H28N4O2. The van der Waals surface area contributed by atoms with E-state index in [2.05, 4.69) is 48.4 Å². The number of hydrogen-bond donors (Lipinski definition) is 1. The van der Waals surface area contributed by atoms with Gasteiger partial charge in [0, 0.05) is 25.6 Å². The van der Waals surface area contributed by atoms with Gasteiger partial charge in [-0.2, -0.15) is 0 Å². The maximum absolute atomic E-state index is 12.0. The molecule has 0 bridgehead atoms. The number of hydrogen-bond acceptors (Lipinski definition) is 4. The first kappa shape index (κ1) is 19.9. The van der Waals surface area contributed by atoms with Crippen LogP contribution in [0.4, 0.5) is 0 Å². The smallest absolute Gasteiger partial charge is 0.220 e. The van der Waals surface area contributed by atoms with E-state index >= 15 is 0 Å². The predicted molar refractivity (Wildman–Crippen MR) is 110 cm³/mol. The van der Waals surface area contributed by atoms with Crippen LogP contribution in [0.25, 0.3) is 5.65 Å². The van der Waals surface area contributed by atoms with E-state index in [1.54, 1.807) is 0 Å². The molecule has 6 heteroatoms. The highest BCUT2D eigenvalue weighted by atomic mass is 16.5. The molecule has 0 fully saturated rings. The Morgan fingerprint density at radius 1 is 1.11 bits per heavy atom. The largest absolute Gasteiger partial charge is 0.494 e. The summed E-state index contributed by atoms with van der Waals surface area (Å²) in [7, 11) is 0. The van der Waals surface area contributed by atoms with Crippen LogP contribution in [0.2, 0.25) is 0 Å². The van der Waals surface area contributed by atoms with Crippen LogP contribution in [0.5, 0.6) is 5.75 Å². The zero-order valence-electron chi connectivity index (χ0n) is 16.8. The van der Waals surface area contributed by atoms with Crippen molar-refractivity contribution in [1.29, 1.82) is 0 Å².